The molecule has 1 N–H and O–H groups in total. The Balaban J connectivity index is 1.80. The summed E-state index contributed by atoms with van der Waals surface area (Å²) in [5, 5.41) is 4.73. The Morgan fingerprint density at radius 1 is 1.29 bits per heavy atom. The average molecular weight is 417 g/mol. The number of rotatable bonds is 7. The van der Waals surface area contributed by atoms with Gasteiger partial charge in [-0.1, -0.05) is 37.6 Å². The Hall–Kier alpha value is -2.51. The number of nitrogens with one attached hydrogen (secondary N) is 1. The number of esters is 1. The molecule has 0 aliphatic heterocycles. The second-order valence-corrected chi connectivity index (χ2v) is 7.66. The lowest BCUT2D eigenvalue weighted by molar-refractivity contribution is 0.0526. The highest BCUT2D eigenvalue weighted by molar-refractivity contribution is 8.00. The lowest BCUT2D eigenvalue weighted by Crippen LogP contribution is -2.04. The number of carbonyl (C=O) groups excluding carboxylic acids is 1. The number of nitrogens with zero attached hydrogens (tertiary/aromatic N) is 3. The van der Waals surface area contributed by atoms with E-state index in [4.69, 9.17) is 16.3 Å². The molecule has 0 aliphatic carbocycles. The number of aromatic nitrogens is 3. The van der Waals surface area contributed by atoms with Crippen molar-refractivity contribution in [2.75, 3.05) is 11.3 Å². The van der Waals surface area contributed by atoms with Gasteiger partial charge in [-0.3, -0.25) is 0 Å². The van der Waals surface area contributed by atoms with Crippen molar-refractivity contribution in [3.63, 3.8) is 0 Å². The number of carbonyl (C=O) groups is 1. The first-order chi connectivity index (χ1) is 13.5. The summed E-state index contributed by atoms with van der Waals surface area (Å²) in [4.78, 5) is 17.3. The van der Waals surface area contributed by atoms with Gasteiger partial charge in [0.15, 0.2) is 5.82 Å². The van der Waals surface area contributed by atoms with Crippen molar-refractivity contribution in [2.45, 2.75) is 31.6 Å². The van der Waals surface area contributed by atoms with Gasteiger partial charge in [0.1, 0.15) is 0 Å². The maximum Gasteiger partial charge on any atom is 0.341 e. The van der Waals surface area contributed by atoms with E-state index in [1.54, 1.807) is 19.2 Å². The molecule has 0 saturated heterocycles. The number of hydrogen-bond donors (Lipinski definition) is 1. The van der Waals surface area contributed by atoms with E-state index in [-0.39, 0.29) is 0 Å². The fraction of sp³-hybridized carbons (Fsp3) is 0.250. The summed E-state index contributed by atoms with van der Waals surface area (Å²) in [6.07, 6.45) is 4.58. The third-order valence-electron chi connectivity index (χ3n) is 3.97. The highest BCUT2D eigenvalue weighted by Crippen LogP contribution is 2.28. The monoisotopic (exact) mass is 416 g/mol. The molecule has 0 amide bonds. The predicted octanol–water partition coefficient (Wildman–Crippen LogP) is 5.34. The number of halogens is 1. The topological polar surface area (TPSA) is 69.0 Å². The molecule has 0 spiro atoms. The van der Waals surface area contributed by atoms with Gasteiger partial charge in [0.25, 0.3) is 0 Å². The molecule has 2 heterocycles. The summed E-state index contributed by atoms with van der Waals surface area (Å²) in [5.41, 5.74) is 2.34. The molecular formula is C20H21ClN4O2S. The van der Waals surface area contributed by atoms with E-state index >= 15 is 0 Å². The van der Waals surface area contributed by atoms with Crippen molar-refractivity contribution < 1.29 is 9.53 Å². The number of hydrogen-bond acceptors (Lipinski definition) is 6. The van der Waals surface area contributed by atoms with E-state index in [0.29, 0.717) is 34.6 Å². The van der Waals surface area contributed by atoms with Crippen LogP contribution in [-0.2, 0) is 4.74 Å². The normalized spacial score (nSPS) is 10.9. The summed E-state index contributed by atoms with van der Waals surface area (Å²) in [6, 6.07) is 10.1. The minimum Gasteiger partial charge on any atom is -0.462 e. The quantitative estimate of drug-likeness (QED) is 0.414. The van der Waals surface area contributed by atoms with Gasteiger partial charge in [-0.15, -0.1) is 0 Å². The molecule has 8 heteroatoms. The molecule has 0 aliphatic rings. The second kappa shape index (κ2) is 9.12. The number of anilines is 1. The molecule has 28 heavy (non-hydrogen) atoms. The molecule has 1 aromatic carbocycles. The third-order valence-corrected chi connectivity index (χ3v) is 5.01. The Morgan fingerprint density at radius 3 is 2.71 bits per heavy atom. The van der Waals surface area contributed by atoms with E-state index in [1.165, 1.54) is 34.6 Å². The SMILES string of the molecule is CCOC(=O)c1cnn(-c2ncc(Cl)cc2NSc2ccc(C(C)C)cc2)c1. The van der Waals surface area contributed by atoms with Crippen molar-refractivity contribution in [3.8, 4) is 5.82 Å². The van der Waals surface area contributed by atoms with Crippen LogP contribution in [0.4, 0.5) is 5.69 Å². The van der Waals surface area contributed by atoms with Crippen molar-refractivity contribution in [2.24, 2.45) is 0 Å². The molecular weight excluding hydrogens is 396 g/mol. The van der Waals surface area contributed by atoms with Gasteiger partial charge >= 0.3 is 5.97 Å². The van der Waals surface area contributed by atoms with E-state index < -0.39 is 5.97 Å². The molecule has 0 saturated carbocycles. The molecule has 0 fully saturated rings. The van der Waals surface area contributed by atoms with Crippen LogP contribution in [0.3, 0.4) is 0 Å². The molecule has 0 atom stereocenters. The Labute approximate surface area is 173 Å². The van der Waals surface area contributed by atoms with Gasteiger partial charge in [-0.2, -0.15) is 5.10 Å². The van der Waals surface area contributed by atoms with Gasteiger partial charge in [0.05, 0.1) is 29.1 Å². The maximum absolute atomic E-state index is 11.9. The first kappa shape index (κ1) is 20.2. The summed E-state index contributed by atoms with van der Waals surface area (Å²) in [6.45, 7) is 6.40. The van der Waals surface area contributed by atoms with Gasteiger partial charge in [0, 0.05) is 17.3 Å². The number of benzene rings is 1. The highest BCUT2D eigenvalue weighted by Gasteiger charge is 2.14. The molecule has 0 unspecified atom stereocenters. The standard InChI is InChI=1S/C20H21ClN4O2S/c1-4-27-20(26)15-10-23-25(12-15)19-18(9-16(21)11-22-19)24-28-17-7-5-14(6-8-17)13(2)3/h5-13,24H,4H2,1-3H3. The van der Waals surface area contributed by atoms with Crippen LogP contribution >= 0.6 is 23.5 Å². The van der Waals surface area contributed by atoms with Crippen LogP contribution in [0, 0.1) is 0 Å². The van der Waals surface area contributed by atoms with Gasteiger partial charge in [0.2, 0.25) is 0 Å². The van der Waals surface area contributed by atoms with E-state index in [9.17, 15) is 4.79 Å². The number of ether oxygens (including phenoxy) is 1. The van der Waals surface area contributed by atoms with Crippen LogP contribution in [-0.4, -0.2) is 27.3 Å². The van der Waals surface area contributed by atoms with Crippen LogP contribution in [0.1, 0.15) is 42.6 Å². The largest absolute Gasteiger partial charge is 0.462 e. The summed E-state index contributed by atoms with van der Waals surface area (Å²) in [7, 11) is 0. The molecule has 0 bridgehead atoms. The van der Waals surface area contributed by atoms with Crippen LogP contribution in [0.15, 0.2) is 53.8 Å². The molecule has 2 aromatic heterocycles. The van der Waals surface area contributed by atoms with Crippen LogP contribution < -0.4 is 4.72 Å². The fourth-order valence-electron chi connectivity index (χ4n) is 2.48. The summed E-state index contributed by atoms with van der Waals surface area (Å²) in [5.74, 6) is 0.604. The van der Waals surface area contributed by atoms with E-state index in [1.807, 2.05) is 0 Å². The van der Waals surface area contributed by atoms with Crippen molar-refractivity contribution in [3.05, 3.63) is 65.1 Å². The number of pyridine rings is 1. The van der Waals surface area contributed by atoms with Gasteiger partial charge in [-0.25, -0.2) is 14.5 Å². The Kier molecular flexibility index (Phi) is 6.59. The van der Waals surface area contributed by atoms with Gasteiger partial charge < -0.3 is 9.46 Å². The predicted molar refractivity (Wildman–Crippen MR) is 112 cm³/mol. The van der Waals surface area contributed by atoms with Crippen molar-refractivity contribution in [1.82, 2.24) is 14.8 Å². The second-order valence-electron chi connectivity index (χ2n) is 6.35. The zero-order chi connectivity index (χ0) is 20.1. The summed E-state index contributed by atoms with van der Waals surface area (Å²) >= 11 is 7.57. The van der Waals surface area contributed by atoms with Crippen LogP contribution in [0.5, 0.6) is 0 Å². The average Bonchev–Trinajstić information content (AvgIpc) is 3.17. The smallest absolute Gasteiger partial charge is 0.341 e. The first-order valence-electron chi connectivity index (χ1n) is 8.88. The third kappa shape index (κ3) is 4.85. The molecule has 0 radical (unpaired) electrons. The Morgan fingerprint density at radius 2 is 2.04 bits per heavy atom. The van der Waals surface area contributed by atoms with E-state index in [0.717, 1.165) is 4.90 Å². The van der Waals surface area contributed by atoms with Crippen molar-refractivity contribution in [1.29, 1.82) is 0 Å². The lowest BCUT2D eigenvalue weighted by Gasteiger charge is -2.11. The fourth-order valence-corrected chi connectivity index (χ4v) is 3.29. The molecule has 6 nitrogen and oxygen atoms in total. The summed E-state index contributed by atoms with van der Waals surface area (Å²) < 4.78 is 9.80. The lowest BCUT2D eigenvalue weighted by atomic mass is 10.0. The van der Waals surface area contributed by atoms with Gasteiger partial charge in [-0.05, 0) is 48.6 Å². The minimum atomic E-state index is -0.420. The highest BCUT2D eigenvalue weighted by atomic mass is 35.5. The van der Waals surface area contributed by atoms with Crippen LogP contribution in [0.25, 0.3) is 5.82 Å². The zero-order valence-electron chi connectivity index (χ0n) is 15.8. The van der Waals surface area contributed by atoms with Crippen molar-refractivity contribution >= 4 is 35.2 Å². The maximum atomic E-state index is 11.9. The Bertz CT molecular complexity index is 957. The molecule has 3 rings (SSSR count). The van der Waals surface area contributed by atoms with Crippen LogP contribution in [0.2, 0.25) is 5.02 Å². The molecule has 3 aromatic rings. The minimum absolute atomic E-state index is 0.308. The first-order valence-corrected chi connectivity index (χ1v) is 10.1. The van der Waals surface area contributed by atoms with E-state index in [2.05, 4.69) is 52.9 Å². The zero-order valence-corrected chi connectivity index (χ0v) is 17.4. The molecule has 146 valence electrons.